The number of ether oxygens (including phenoxy) is 1. The fourth-order valence-electron chi connectivity index (χ4n) is 4.85. The molecule has 1 unspecified atom stereocenters. The van der Waals surface area contributed by atoms with Crippen molar-refractivity contribution >= 4 is 16.6 Å². The molecule has 5 heteroatoms. The number of piperidine rings is 3. The van der Waals surface area contributed by atoms with Gasteiger partial charge in [0.25, 0.3) is 0 Å². The van der Waals surface area contributed by atoms with Gasteiger partial charge in [0.2, 0.25) is 0 Å². The van der Waals surface area contributed by atoms with Gasteiger partial charge in [0.05, 0.1) is 23.9 Å². The van der Waals surface area contributed by atoms with Crippen LogP contribution in [0.3, 0.4) is 0 Å². The fraction of sp³-hybridized carbons (Fsp3) is 0.632. The Hall–Kier alpha value is -1.59. The summed E-state index contributed by atoms with van der Waals surface area (Å²) in [6.45, 7) is 5.80. The van der Waals surface area contributed by atoms with Crippen LogP contribution in [0.4, 0.5) is 5.69 Å². The standard InChI is InChI=1S/C19H26N4O/c1-24-17-6-9-22(12-17)16-3-2-15-11-20-23(18(15)10-16)19-13-21-7-4-14(19)5-8-21/h2-3,10-11,14,17,19H,4-9,12-13H2,1H3/t17?,19-/m0/s1. The molecule has 0 amide bonds. The summed E-state index contributed by atoms with van der Waals surface area (Å²) >= 11 is 0. The minimum absolute atomic E-state index is 0.368. The van der Waals surface area contributed by atoms with Crippen molar-refractivity contribution < 1.29 is 4.74 Å². The maximum absolute atomic E-state index is 5.52. The smallest absolute Gasteiger partial charge is 0.0762 e. The van der Waals surface area contributed by atoms with E-state index < -0.39 is 0 Å². The lowest BCUT2D eigenvalue weighted by molar-refractivity contribution is 0.0534. The summed E-state index contributed by atoms with van der Waals surface area (Å²) in [6, 6.07) is 7.36. The molecule has 2 bridgehead atoms. The number of aromatic nitrogens is 2. The van der Waals surface area contributed by atoms with Crippen molar-refractivity contribution in [2.24, 2.45) is 5.92 Å². The van der Waals surface area contributed by atoms with Crippen LogP contribution in [-0.4, -0.2) is 60.6 Å². The second-order valence-electron chi connectivity index (χ2n) is 7.63. The van der Waals surface area contributed by atoms with Crippen molar-refractivity contribution in [1.29, 1.82) is 0 Å². The zero-order valence-corrected chi connectivity index (χ0v) is 14.4. The van der Waals surface area contributed by atoms with E-state index in [9.17, 15) is 0 Å². The van der Waals surface area contributed by atoms with Gasteiger partial charge >= 0.3 is 0 Å². The summed E-state index contributed by atoms with van der Waals surface area (Å²) in [6.07, 6.45) is 6.18. The molecule has 1 aromatic carbocycles. The van der Waals surface area contributed by atoms with Crippen molar-refractivity contribution in [3.63, 3.8) is 0 Å². The molecular formula is C19H26N4O. The second-order valence-corrected chi connectivity index (χ2v) is 7.63. The van der Waals surface area contributed by atoms with Gasteiger partial charge in [0.15, 0.2) is 0 Å². The highest BCUT2D eigenvalue weighted by Gasteiger charge is 2.36. The average molecular weight is 326 g/mol. The van der Waals surface area contributed by atoms with E-state index in [0.717, 1.165) is 25.4 Å². The van der Waals surface area contributed by atoms with Crippen molar-refractivity contribution in [1.82, 2.24) is 14.7 Å². The van der Waals surface area contributed by atoms with Crippen LogP contribution in [0.25, 0.3) is 10.9 Å². The Morgan fingerprint density at radius 2 is 1.96 bits per heavy atom. The van der Waals surface area contributed by atoms with Gasteiger partial charge in [-0.15, -0.1) is 0 Å². The third-order valence-corrected chi connectivity index (χ3v) is 6.36. The van der Waals surface area contributed by atoms with Crippen molar-refractivity contribution in [3.05, 3.63) is 24.4 Å². The van der Waals surface area contributed by atoms with Crippen LogP contribution in [0, 0.1) is 5.92 Å². The molecule has 0 saturated carbocycles. The van der Waals surface area contributed by atoms with E-state index in [0.29, 0.717) is 12.1 Å². The number of fused-ring (bicyclic) bond motifs is 4. The van der Waals surface area contributed by atoms with Crippen molar-refractivity contribution in [2.75, 3.05) is 44.7 Å². The molecule has 24 heavy (non-hydrogen) atoms. The van der Waals surface area contributed by atoms with Crippen molar-refractivity contribution in [2.45, 2.75) is 31.4 Å². The number of anilines is 1. The van der Waals surface area contributed by atoms with Gasteiger partial charge in [-0.2, -0.15) is 5.10 Å². The number of hydrogen-bond donors (Lipinski definition) is 0. The largest absolute Gasteiger partial charge is 0.380 e. The Morgan fingerprint density at radius 3 is 2.67 bits per heavy atom. The minimum Gasteiger partial charge on any atom is -0.380 e. The van der Waals surface area contributed by atoms with Gasteiger partial charge in [0, 0.05) is 37.8 Å². The maximum Gasteiger partial charge on any atom is 0.0762 e. The topological polar surface area (TPSA) is 33.5 Å². The molecule has 1 aromatic heterocycles. The zero-order chi connectivity index (χ0) is 16.1. The van der Waals surface area contributed by atoms with E-state index in [4.69, 9.17) is 9.84 Å². The number of nitrogens with zero attached hydrogens (tertiary/aromatic N) is 4. The summed E-state index contributed by atoms with van der Waals surface area (Å²) in [5.74, 6) is 0.798. The van der Waals surface area contributed by atoms with Gasteiger partial charge < -0.3 is 14.5 Å². The molecule has 5 nitrogen and oxygen atoms in total. The molecule has 4 aliphatic rings. The lowest BCUT2D eigenvalue weighted by Gasteiger charge is -2.44. The van der Waals surface area contributed by atoms with Crippen LogP contribution in [0.1, 0.15) is 25.3 Å². The maximum atomic E-state index is 5.52. The molecule has 5 heterocycles. The number of hydrogen-bond acceptors (Lipinski definition) is 4. The highest BCUT2D eigenvalue weighted by molar-refractivity contribution is 5.82. The normalized spacial score (nSPS) is 32.8. The lowest BCUT2D eigenvalue weighted by atomic mass is 9.84. The molecule has 0 N–H and O–H groups in total. The molecule has 0 radical (unpaired) electrons. The van der Waals surface area contributed by atoms with Gasteiger partial charge in [0.1, 0.15) is 0 Å². The van der Waals surface area contributed by atoms with E-state index in [-0.39, 0.29) is 0 Å². The first kappa shape index (κ1) is 14.7. The summed E-state index contributed by atoms with van der Waals surface area (Å²) < 4.78 is 7.84. The van der Waals surface area contributed by atoms with E-state index in [1.807, 2.05) is 13.3 Å². The Labute approximate surface area is 143 Å². The average Bonchev–Trinajstić information content (AvgIpc) is 3.29. The highest BCUT2D eigenvalue weighted by Crippen LogP contribution is 2.37. The lowest BCUT2D eigenvalue weighted by Crippen LogP contribution is -2.48. The molecule has 2 atom stereocenters. The molecule has 2 aromatic rings. The van der Waals surface area contributed by atoms with E-state index in [1.54, 1.807) is 0 Å². The SMILES string of the molecule is COC1CCN(c2ccc3cnn([C@H]4CN5CCC4CC5)c3c2)C1. The summed E-state index contributed by atoms with van der Waals surface area (Å²) in [5.41, 5.74) is 2.61. The highest BCUT2D eigenvalue weighted by atomic mass is 16.5. The van der Waals surface area contributed by atoms with Gasteiger partial charge in [-0.1, -0.05) is 0 Å². The Balaban J connectivity index is 1.48. The molecule has 128 valence electrons. The van der Waals surface area contributed by atoms with Gasteiger partial charge in [-0.05, 0) is 56.5 Å². The number of rotatable bonds is 3. The van der Waals surface area contributed by atoms with Crippen molar-refractivity contribution in [3.8, 4) is 0 Å². The molecule has 4 fully saturated rings. The van der Waals surface area contributed by atoms with Gasteiger partial charge in [-0.3, -0.25) is 4.68 Å². The first-order valence-corrected chi connectivity index (χ1v) is 9.29. The molecule has 0 spiro atoms. The Morgan fingerprint density at radius 1 is 1.08 bits per heavy atom. The predicted octanol–water partition coefficient (Wildman–Crippen LogP) is 2.53. The van der Waals surface area contributed by atoms with E-state index in [1.165, 1.54) is 49.1 Å². The molecule has 4 saturated heterocycles. The predicted molar refractivity (Wildman–Crippen MR) is 95.6 cm³/mol. The van der Waals surface area contributed by atoms with Crippen LogP contribution in [0.5, 0.6) is 0 Å². The number of benzene rings is 1. The summed E-state index contributed by atoms with van der Waals surface area (Å²) in [5, 5.41) is 6.05. The summed E-state index contributed by atoms with van der Waals surface area (Å²) in [4.78, 5) is 5.05. The monoisotopic (exact) mass is 326 g/mol. The molecule has 0 aliphatic carbocycles. The van der Waals surface area contributed by atoms with E-state index in [2.05, 4.69) is 32.7 Å². The fourth-order valence-corrected chi connectivity index (χ4v) is 4.85. The third-order valence-electron chi connectivity index (χ3n) is 6.36. The van der Waals surface area contributed by atoms with Crippen LogP contribution in [-0.2, 0) is 4.74 Å². The second kappa shape index (κ2) is 5.74. The molecular weight excluding hydrogens is 300 g/mol. The van der Waals surface area contributed by atoms with Gasteiger partial charge in [-0.25, -0.2) is 0 Å². The molecule has 4 aliphatic heterocycles. The van der Waals surface area contributed by atoms with Crippen LogP contribution < -0.4 is 4.90 Å². The third kappa shape index (κ3) is 2.33. The quantitative estimate of drug-likeness (QED) is 0.868. The van der Waals surface area contributed by atoms with Crippen LogP contribution in [0.15, 0.2) is 24.4 Å². The first-order chi connectivity index (χ1) is 11.8. The Bertz CT molecular complexity index is 734. The zero-order valence-electron chi connectivity index (χ0n) is 14.4. The van der Waals surface area contributed by atoms with Crippen LogP contribution in [0.2, 0.25) is 0 Å². The van der Waals surface area contributed by atoms with Crippen LogP contribution >= 0.6 is 0 Å². The van der Waals surface area contributed by atoms with E-state index >= 15 is 0 Å². The summed E-state index contributed by atoms with van der Waals surface area (Å²) in [7, 11) is 1.82. The minimum atomic E-state index is 0.368. The first-order valence-electron chi connectivity index (χ1n) is 9.29. The number of methoxy groups -OCH3 is 1. The molecule has 6 rings (SSSR count). The Kier molecular flexibility index (Phi) is 3.52.